The number of hydrogen-bond donors (Lipinski definition) is 2. The molecule has 0 unspecified atom stereocenters. The normalized spacial score (nSPS) is 11.4. The average molecular weight is 442 g/mol. The maximum absolute atomic E-state index is 12.9. The van der Waals surface area contributed by atoms with Crippen LogP contribution in [0.1, 0.15) is 20.7 Å². The Morgan fingerprint density at radius 3 is 1.28 bits per heavy atom. The fourth-order valence-corrected chi connectivity index (χ4v) is 4.94. The summed E-state index contributed by atoms with van der Waals surface area (Å²) in [5.41, 5.74) is 9.84. The van der Waals surface area contributed by atoms with Gasteiger partial charge in [0.2, 0.25) is 21.7 Å². The van der Waals surface area contributed by atoms with Gasteiger partial charge >= 0.3 is 0 Å². The second-order valence-electron chi connectivity index (χ2n) is 4.76. The van der Waals surface area contributed by atoms with E-state index < -0.39 is 31.4 Å². The Morgan fingerprint density at radius 1 is 0.680 bits per heavy atom. The number of sulfone groups is 1. The van der Waals surface area contributed by atoms with E-state index in [4.69, 9.17) is 57.9 Å². The first kappa shape index (κ1) is 19.8. The SMILES string of the molecule is NC(=O)c1cc(S(=O)(=O)c2cc(C(N)=O)c(Cl)cc2Cl)c(Cl)cc1Cl. The highest BCUT2D eigenvalue weighted by atomic mass is 35.5. The number of nitrogens with two attached hydrogens (primary N) is 2. The Labute approximate surface area is 162 Å². The number of carbonyl (C=O) groups excluding carboxylic acids is 2. The number of rotatable bonds is 4. The van der Waals surface area contributed by atoms with Crippen LogP contribution >= 0.6 is 46.4 Å². The van der Waals surface area contributed by atoms with Crippen LogP contribution in [0.2, 0.25) is 20.1 Å². The first-order chi connectivity index (χ1) is 11.5. The molecule has 0 spiro atoms. The predicted octanol–water partition coefficient (Wildman–Crippen LogP) is 3.33. The standard InChI is InChI=1S/C14H8Cl4N2O4S/c15-7-3-9(17)11(1-5(7)13(19)21)25(23,24)12-2-6(14(20)22)8(16)4-10(12)18/h1-4H,(H2,19,21)(H2,20,22). The van der Waals surface area contributed by atoms with Crippen molar-refractivity contribution >= 4 is 68.1 Å². The van der Waals surface area contributed by atoms with Crippen LogP contribution in [0.4, 0.5) is 0 Å². The highest BCUT2D eigenvalue weighted by molar-refractivity contribution is 7.91. The van der Waals surface area contributed by atoms with Crippen molar-refractivity contribution in [3.8, 4) is 0 Å². The summed E-state index contributed by atoms with van der Waals surface area (Å²) in [5, 5.41) is -0.753. The molecule has 0 aliphatic carbocycles. The van der Waals surface area contributed by atoms with E-state index in [1.807, 2.05) is 0 Å². The van der Waals surface area contributed by atoms with Gasteiger partial charge in [-0.25, -0.2) is 8.42 Å². The molecule has 0 heterocycles. The van der Waals surface area contributed by atoms with Gasteiger partial charge < -0.3 is 11.5 Å². The summed E-state index contributed by atoms with van der Waals surface area (Å²) in [6, 6.07) is 3.98. The lowest BCUT2D eigenvalue weighted by molar-refractivity contribution is 0.0991. The molecule has 6 nitrogen and oxygen atoms in total. The average Bonchev–Trinajstić information content (AvgIpc) is 2.45. The second-order valence-corrected chi connectivity index (χ2v) is 8.27. The van der Waals surface area contributed by atoms with E-state index in [9.17, 15) is 18.0 Å². The molecule has 2 rings (SSSR count). The topological polar surface area (TPSA) is 120 Å². The van der Waals surface area contributed by atoms with Crippen LogP contribution in [0.5, 0.6) is 0 Å². The van der Waals surface area contributed by atoms with E-state index in [1.165, 1.54) is 0 Å². The molecule has 11 heteroatoms. The van der Waals surface area contributed by atoms with Gasteiger partial charge in [0.15, 0.2) is 0 Å². The minimum Gasteiger partial charge on any atom is -0.366 e. The summed E-state index contributed by atoms with van der Waals surface area (Å²) < 4.78 is 25.8. The Balaban J connectivity index is 2.80. The first-order valence-electron chi connectivity index (χ1n) is 6.29. The quantitative estimate of drug-likeness (QED) is 0.755. The summed E-state index contributed by atoms with van der Waals surface area (Å²) in [5.74, 6) is -1.89. The van der Waals surface area contributed by atoms with Gasteiger partial charge in [0.05, 0.1) is 41.0 Å². The number of halogens is 4. The maximum Gasteiger partial charge on any atom is 0.250 e. The molecule has 0 bridgehead atoms. The zero-order valence-electron chi connectivity index (χ0n) is 12.0. The Hall–Kier alpha value is -1.51. The molecular formula is C14H8Cl4N2O4S. The molecule has 132 valence electrons. The van der Waals surface area contributed by atoms with Crippen LogP contribution in [-0.4, -0.2) is 20.2 Å². The molecule has 2 amide bonds. The third-order valence-corrected chi connectivity index (χ3v) is 6.46. The zero-order valence-corrected chi connectivity index (χ0v) is 15.9. The Morgan fingerprint density at radius 2 is 1.00 bits per heavy atom. The highest BCUT2D eigenvalue weighted by Crippen LogP contribution is 2.36. The van der Waals surface area contributed by atoms with Gasteiger partial charge in [0.25, 0.3) is 0 Å². The van der Waals surface area contributed by atoms with Gasteiger partial charge in [-0.05, 0) is 24.3 Å². The van der Waals surface area contributed by atoms with E-state index in [1.54, 1.807) is 0 Å². The van der Waals surface area contributed by atoms with Crippen molar-refractivity contribution in [1.29, 1.82) is 0 Å². The molecule has 0 saturated carbocycles. The van der Waals surface area contributed by atoms with Crippen LogP contribution in [0.3, 0.4) is 0 Å². The highest BCUT2D eigenvalue weighted by Gasteiger charge is 2.28. The fourth-order valence-electron chi connectivity index (χ4n) is 1.97. The van der Waals surface area contributed by atoms with Gasteiger partial charge in [-0.2, -0.15) is 0 Å². The monoisotopic (exact) mass is 440 g/mol. The minimum absolute atomic E-state index is 0.114. The van der Waals surface area contributed by atoms with Crippen LogP contribution < -0.4 is 11.5 Å². The lowest BCUT2D eigenvalue weighted by Crippen LogP contribution is -2.15. The van der Waals surface area contributed by atoms with Gasteiger partial charge in [-0.3, -0.25) is 9.59 Å². The van der Waals surface area contributed by atoms with Crippen molar-refractivity contribution in [2.45, 2.75) is 9.79 Å². The van der Waals surface area contributed by atoms with E-state index in [-0.39, 0.29) is 31.2 Å². The van der Waals surface area contributed by atoms with Crippen LogP contribution in [0.25, 0.3) is 0 Å². The summed E-state index contributed by atoms with van der Waals surface area (Å²) in [7, 11) is -4.34. The molecule has 0 saturated heterocycles. The van der Waals surface area contributed by atoms with Gasteiger partial charge in [-0.15, -0.1) is 0 Å². The predicted molar refractivity (Wildman–Crippen MR) is 95.4 cm³/mol. The van der Waals surface area contributed by atoms with Crippen molar-refractivity contribution < 1.29 is 18.0 Å². The summed E-state index contributed by atoms with van der Waals surface area (Å²) in [6.45, 7) is 0. The molecule has 0 aromatic heterocycles. The van der Waals surface area contributed by atoms with Crippen molar-refractivity contribution in [2.75, 3.05) is 0 Å². The number of primary amides is 2. The first-order valence-corrected chi connectivity index (χ1v) is 9.29. The molecule has 2 aromatic carbocycles. The lowest BCUT2D eigenvalue weighted by Gasteiger charge is -2.12. The number of carbonyl (C=O) groups is 2. The van der Waals surface area contributed by atoms with Crippen LogP contribution in [-0.2, 0) is 9.84 Å². The number of amides is 2. The fraction of sp³-hybridized carbons (Fsp3) is 0. The molecule has 4 N–H and O–H groups in total. The van der Waals surface area contributed by atoms with Gasteiger partial charge in [0.1, 0.15) is 0 Å². The molecule has 25 heavy (non-hydrogen) atoms. The zero-order chi connectivity index (χ0) is 19.1. The van der Waals surface area contributed by atoms with E-state index in [2.05, 4.69) is 0 Å². The van der Waals surface area contributed by atoms with E-state index in [0.29, 0.717) is 0 Å². The summed E-state index contributed by atoms with van der Waals surface area (Å²) in [6.07, 6.45) is 0. The number of hydrogen-bond acceptors (Lipinski definition) is 4. The van der Waals surface area contributed by atoms with Crippen molar-refractivity contribution in [3.05, 3.63) is 55.5 Å². The lowest BCUT2D eigenvalue weighted by atomic mass is 10.2. The van der Waals surface area contributed by atoms with Crippen molar-refractivity contribution in [1.82, 2.24) is 0 Å². The summed E-state index contributed by atoms with van der Waals surface area (Å²) >= 11 is 23.6. The second kappa shape index (κ2) is 7.01. The molecule has 0 radical (unpaired) electrons. The Bertz CT molecular complexity index is 946. The third-order valence-electron chi connectivity index (χ3n) is 3.15. The third kappa shape index (κ3) is 3.70. The molecular weight excluding hydrogens is 434 g/mol. The van der Waals surface area contributed by atoms with Crippen LogP contribution in [0.15, 0.2) is 34.1 Å². The summed E-state index contributed by atoms with van der Waals surface area (Å²) in [4.78, 5) is 21.9. The molecule has 0 aliphatic rings. The minimum atomic E-state index is -4.34. The molecule has 2 aromatic rings. The largest absolute Gasteiger partial charge is 0.366 e. The molecule has 0 atom stereocenters. The maximum atomic E-state index is 12.9. The molecule has 0 aliphatic heterocycles. The smallest absolute Gasteiger partial charge is 0.250 e. The van der Waals surface area contributed by atoms with Crippen molar-refractivity contribution in [3.63, 3.8) is 0 Å². The van der Waals surface area contributed by atoms with Crippen molar-refractivity contribution in [2.24, 2.45) is 11.5 Å². The van der Waals surface area contributed by atoms with Gasteiger partial charge in [-0.1, -0.05) is 46.4 Å². The van der Waals surface area contributed by atoms with Gasteiger partial charge in [0, 0.05) is 0 Å². The van der Waals surface area contributed by atoms with E-state index in [0.717, 1.165) is 24.3 Å². The molecule has 0 fully saturated rings. The van der Waals surface area contributed by atoms with E-state index >= 15 is 0 Å². The number of benzene rings is 2. The van der Waals surface area contributed by atoms with Crippen LogP contribution in [0, 0.1) is 0 Å². The Kier molecular flexibility index (Phi) is 5.56.